The molecule has 0 spiro atoms. The molecule has 3 N–H and O–H groups in total. The Morgan fingerprint density at radius 1 is 1.52 bits per heavy atom. The molecular weight excluding hydrogens is 324 g/mol. The summed E-state index contributed by atoms with van der Waals surface area (Å²) in [5, 5.41) is 9.10. The predicted molar refractivity (Wildman–Crippen MR) is 79.5 cm³/mol. The number of carbonyl (C=O) groups is 3. The zero-order valence-corrected chi connectivity index (χ0v) is 13.0. The van der Waals surface area contributed by atoms with Crippen molar-refractivity contribution < 1.29 is 28.6 Å². The van der Waals surface area contributed by atoms with Gasteiger partial charge in [-0.1, -0.05) is 0 Å². The highest BCUT2D eigenvalue weighted by Crippen LogP contribution is 2.40. The Kier molecular flexibility index (Phi) is 3.90. The van der Waals surface area contributed by atoms with Crippen molar-refractivity contribution in [1.29, 1.82) is 0 Å². The summed E-state index contributed by atoms with van der Waals surface area (Å²) in [6.07, 6.45) is 0.192. The van der Waals surface area contributed by atoms with Gasteiger partial charge >= 0.3 is 11.9 Å². The van der Waals surface area contributed by atoms with Crippen molar-refractivity contribution in [2.45, 2.75) is 17.8 Å². The number of hydrogen-bond acceptors (Lipinski definition) is 7. The first-order valence-corrected chi connectivity index (χ1v) is 7.81. The number of amides is 1. The maximum absolute atomic E-state index is 11.8. The highest BCUT2D eigenvalue weighted by Gasteiger charge is 2.51. The van der Waals surface area contributed by atoms with Crippen LogP contribution in [0.2, 0.25) is 0 Å². The number of aliphatic carboxylic acids is 1. The lowest BCUT2D eigenvalue weighted by atomic mass is 10.0. The van der Waals surface area contributed by atoms with Crippen molar-refractivity contribution >= 4 is 29.6 Å². The number of carbonyl (C=O) groups excluding carboxylic acids is 2. The van der Waals surface area contributed by atoms with Crippen molar-refractivity contribution in [3.8, 4) is 0 Å². The van der Waals surface area contributed by atoms with Crippen LogP contribution in [0.5, 0.6) is 0 Å². The molecule has 0 unspecified atom stereocenters. The number of thioether (sulfide) groups is 1. The summed E-state index contributed by atoms with van der Waals surface area (Å²) < 4.78 is 9.91. The van der Waals surface area contributed by atoms with Crippen LogP contribution in [0.1, 0.15) is 16.3 Å². The molecular formula is C14H14N2O6S. The van der Waals surface area contributed by atoms with Gasteiger partial charge in [0.1, 0.15) is 22.9 Å². The first-order valence-electron chi connectivity index (χ1n) is 6.76. The molecule has 0 bridgehead atoms. The fraction of sp³-hybridized carbons (Fsp3) is 0.357. The molecule has 1 aromatic rings. The van der Waals surface area contributed by atoms with E-state index in [1.54, 1.807) is 6.07 Å². The highest BCUT2D eigenvalue weighted by atomic mass is 32.2. The maximum Gasteiger partial charge on any atom is 0.373 e. The van der Waals surface area contributed by atoms with Crippen LogP contribution in [0, 0.1) is 0 Å². The van der Waals surface area contributed by atoms with E-state index in [1.807, 2.05) is 0 Å². The lowest BCUT2D eigenvalue weighted by Gasteiger charge is -2.48. The normalized spacial score (nSPS) is 23.4. The van der Waals surface area contributed by atoms with Crippen LogP contribution in [0.25, 0.3) is 0 Å². The lowest BCUT2D eigenvalue weighted by molar-refractivity contribution is -0.148. The number of furan rings is 1. The zero-order valence-electron chi connectivity index (χ0n) is 12.1. The van der Waals surface area contributed by atoms with Crippen LogP contribution >= 0.6 is 11.8 Å². The largest absolute Gasteiger partial charge is 0.477 e. The molecule has 0 aromatic carbocycles. The first kappa shape index (κ1) is 15.6. The standard InChI is InChI=1S/C14H14N2O6S/c1-21-14(20)8-3-2-7(22-8)4-6-5-23-12-9(15)11(17)16(12)10(6)13(18)19/h2-3,9,12H,4-5,15H2,1H3,(H,18,19)/t9-,12+/m1/s1. The predicted octanol–water partition coefficient (Wildman–Crippen LogP) is 0.190. The number of esters is 1. The molecule has 2 aliphatic rings. The summed E-state index contributed by atoms with van der Waals surface area (Å²) in [6, 6.07) is 2.38. The van der Waals surface area contributed by atoms with Crippen LogP contribution in [0.15, 0.2) is 27.8 Å². The summed E-state index contributed by atoms with van der Waals surface area (Å²) in [5.41, 5.74) is 6.19. The van der Waals surface area contributed by atoms with Crippen molar-refractivity contribution in [2.75, 3.05) is 12.9 Å². The first-order chi connectivity index (χ1) is 10.9. The number of ether oxygens (including phenoxy) is 1. The van der Waals surface area contributed by atoms with E-state index in [9.17, 15) is 19.5 Å². The SMILES string of the molecule is COC(=O)c1ccc(CC2=C(C(=O)O)N3C(=O)[C@@H](N)[C@@H]3SC2)o1. The van der Waals surface area contributed by atoms with E-state index in [1.165, 1.54) is 29.8 Å². The van der Waals surface area contributed by atoms with Crippen LogP contribution in [0.3, 0.4) is 0 Å². The molecule has 9 heteroatoms. The number of carboxylic acid groups (broad SMARTS) is 1. The van der Waals surface area contributed by atoms with Gasteiger partial charge < -0.3 is 20.0 Å². The minimum atomic E-state index is -1.18. The molecule has 1 fully saturated rings. The molecule has 8 nitrogen and oxygen atoms in total. The van der Waals surface area contributed by atoms with Crippen LogP contribution < -0.4 is 5.73 Å². The van der Waals surface area contributed by atoms with Gasteiger partial charge in [0.05, 0.1) is 7.11 Å². The van der Waals surface area contributed by atoms with E-state index in [0.29, 0.717) is 17.1 Å². The Hall–Kier alpha value is -2.26. The van der Waals surface area contributed by atoms with E-state index in [2.05, 4.69) is 4.74 Å². The Balaban J connectivity index is 1.88. The van der Waals surface area contributed by atoms with Crippen LogP contribution in [-0.2, 0) is 20.7 Å². The van der Waals surface area contributed by atoms with Gasteiger partial charge in [-0.25, -0.2) is 9.59 Å². The van der Waals surface area contributed by atoms with Gasteiger partial charge in [-0.15, -0.1) is 11.8 Å². The Morgan fingerprint density at radius 3 is 2.91 bits per heavy atom. The number of hydrogen-bond donors (Lipinski definition) is 2. The number of nitrogens with zero attached hydrogens (tertiary/aromatic N) is 1. The Morgan fingerprint density at radius 2 is 2.26 bits per heavy atom. The third-order valence-electron chi connectivity index (χ3n) is 3.73. The minimum Gasteiger partial charge on any atom is -0.477 e. The molecule has 1 amide bonds. The molecule has 2 aliphatic heterocycles. The average molecular weight is 338 g/mol. The van der Waals surface area contributed by atoms with Crippen LogP contribution in [-0.4, -0.2) is 52.1 Å². The number of rotatable bonds is 4. The number of carboxylic acids is 1. The van der Waals surface area contributed by atoms with E-state index in [0.717, 1.165) is 0 Å². The number of nitrogens with two attached hydrogens (primary N) is 1. The quantitative estimate of drug-likeness (QED) is 0.589. The van der Waals surface area contributed by atoms with Gasteiger partial charge in [-0.05, 0) is 17.7 Å². The molecule has 0 saturated carbocycles. The second kappa shape index (κ2) is 5.74. The smallest absolute Gasteiger partial charge is 0.373 e. The average Bonchev–Trinajstić information content (AvgIpc) is 3.01. The molecule has 1 saturated heterocycles. The third kappa shape index (κ3) is 2.51. The molecule has 122 valence electrons. The molecule has 0 aliphatic carbocycles. The van der Waals surface area contributed by atoms with Crippen LogP contribution in [0.4, 0.5) is 0 Å². The zero-order chi connectivity index (χ0) is 16.7. The van der Waals surface area contributed by atoms with Gasteiger partial charge in [0.2, 0.25) is 11.7 Å². The lowest BCUT2D eigenvalue weighted by Crippen LogP contribution is -2.68. The second-order valence-corrected chi connectivity index (χ2v) is 6.23. The molecule has 2 atom stereocenters. The summed E-state index contributed by atoms with van der Waals surface area (Å²) in [4.78, 5) is 36.0. The summed E-state index contributed by atoms with van der Waals surface area (Å²) in [7, 11) is 1.24. The van der Waals surface area contributed by atoms with Gasteiger partial charge in [-0.2, -0.15) is 0 Å². The Labute approximate surface area is 135 Å². The van der Waals surface area contributed by atoms with Gasteiger partial charge in [0.15, 0.2) is 0 Å². The number of methoxy groups -OCH3 is 1. The van der Waals surface area contributed by atoms with E-state index < -0.39 is 23.9 Å². The van der Waals surface area contributed by atoms with Crippen molar-refractivity contribution in [1.82, 2.24) is 4.90 Å². The topological polar surface area (TPSA) is 123 Å². The monoisotopic (exact) mass is 338 g/mol. The van der Waals surface area contributed by atoms with Gasteiger partial charge in [0, 0.05) is 12.2 Å². The van der Waals surface area contributed by atoms with E-state index in [4.69, 9.17) is 10.2 Å². The summed E-state index contributed by atoms with van der Waals surface area (Å²) in [6.45, 7) is 0. The fourth-order valence-corrected chi connectivity index (χ4v) is 3.90. The number of fused-ring (bicyclic) bond motifs is 1. The number of β-lactam (4-membered cyclic amide) rings is 1. The molecule has 1 aromatic heterocycles. The van der Waals surface area contributed by atoms with Crippen molar-refractivity contribution in [3.05, 3.63) is 34.9 Å². The third-order valence-corrected chi connectivity index (χ3v) is 5.09. The summed E-state index contributed by atoms with van der Waals surface area (Å²) in [5.74, 6) is -1.28. The highest BCUT2D eigenvalue weighted by molar-refractivity contribution is 8.00. The van der Waals surface area contributed by atoms with Gasteiger partial charge in [-0.3, -0.25) is 9.69 Å². The minimum absolute atomic E-state index is 0.0448. The summed E-state index contributed by atoms with van der Waals surface area (Å²) >= 11 is 1.42. The molecule has 3 heterocycles. The van der Waals surface area contributed by atoms with E-state index >= 15 is 0 Å². The van der Waals surface area contributed by atoms with Crippen molar-refractivity contribution in [3.63, 3.8) is 0 Å². The Bertz CT molecular complexity index is 725. The fourth-order valence-electron chi connectivity index (χ4n) is 2.61. The molecule has 23 heavy (non-hydrogen) atoms. The van der Waals surface area contributed by atoms with E-state index in [-0.39, 0.29) is 23.3 Å². The van der Waals surface area contributed by atoms with Crippen molar-refractivity contribution in [2.24, 2.45) is 5.73 Å². The molecule has 3 rings (SSSR count). The second-order valence-electron chi connectivity index (χ2n) is 5.13. The maximum atomic E-state index is 11.8. The van der Waals surface area contributed by atoms with Gasteiger partial charge in [0.25, 0.3) is 0 Å². The molecule has 0 radical (unpaired) electrons.